The molecule has 0 bridgehead atoms. The van der Waals surface area contributed by atoms with Crippen molar-refractivity contribution in [2.24, 2.45) is 0 Å². The number of carbonyl (C=O) groups is 1. The molecule has 0 unspecified atom stereocenters. The third kappa shape index (κ3) is 5.04. The molecule has 1 saturated heterocycles. The minimum atomic E-state index is -0.318. The lowest BCUT2D eigenvalue weighted by atomic mass is 10.1. The van der Waals surface area contributed by atoms with E-state index >= 15 is 0 Å². The van der Waals surface area contributed by atoms with Gasteiger partial charge in [-0.25, -0.2) is 4.68 Å². The fraction of sp³-hybridized carbons (Fsp3) is 0.647. The highest BCUT2D eigenvalue weighted by atomic mass is 16.5. The SMILES string of the molecule is CC(C)(C)OC=O.COc1nc(OC)c2cnn(C3CCNCC3)c2n1. The van der Waals surface area contributed by atoms with Crippen molar-refractivity contribution in [3.63, 3.8) is 0 Å². The number of ether oxygens (including phenoxy) is 3. The summed E-state index contributed by atoms with van der Waals surface area (Å²) >= 11 is 0. The van der Waals surface area contributed by atoms with Gasteiger partial charge in [0.2, 0.25) is 5.88 Å². The maximum atomic E-state index is 9.60. The maximum absolute atomic E-state index is 9.60. The Labute approximate surface area is 153 Å². The van der Waals surface area contributed by atoms with E-state index in [0.717, 1.165) is 37.0 Å². The second kappa shape index (κ2) is 8.79. The van der Waals surface area contributed by atoms with Gasteiger partial charge < -0.3 is 19.5 Å². The number of methoxy groups -OCH3 is 2. The van der Waals surface area contributed by atoms with E-state index in [9.17, 15) is 4.79 Å². The highest BCUT2D eigenvalue weighted by Gasteiger charge is 2.21. The Morgan fingerprint density at radius 2 is 1.88 bits per heavy atom. The van der Waals surface area contributed by atoms with Gasteiger partial charge in [0.25, 0.3) is 6.47 Å². The first kappa shape index (κ1) is 19.9. The van der Waals surface area contributed by atoms with Gasteiger partial charge in [0.1, 0.15) is 11.0 Å². The molecule has 1 aliphatic rings. The van der Waals surface area contributed by atoms with Crippen LogP contribution in [0.15, 0.2) is 6.20 Å². The van der Waals surface area contributed by atoms with Crippen LogP contribution in [-0.4, -0.2) is 59.1 Å². The molecule has 3 heterocycles. The fourth-order valence-corrected chi connectivity index (χ4v) is 2.59. The Hall–Kier alpha value is -2.42. The van der Waals surface area contributed by atoms with E-state index < -0.39 is 0 Å². The van der Waals surface area contributed by atoms with Crippen molar-refractivity contribution in [1.29, 1.82) is 0 Å². The number of carbonyl (C=O) groups excluding carboxylic acids is 1. The van der Waals surface area contributed by atoms with Crippen LogP contribution in [0.3, 0.4) is 0 Å². The molecule has 9 heteroatoms. The van der Waals surface area contributed by atoms with Crippen molar-refractivity contribution >= 4 is 17.5 Å². The number of nitrogens with zero attached hydrogens (tertiary/aromatic N) is 4. The Bertz CT molecular complexity index is 720. The number of aromatic nitrogens is 4. The van der Waals surface area contributed by atoms with E-state index in [4.69, 9.17) is 9.47 Å². The van der Waals surface area contributed by atoms with E-state index in [0.29, 0.717) is 24.4 Å². The Morgan fingerprint density at radius 3 is 2.38 bits per heavy atom. The van der Waals surface area contributed by atoms with Crippen LogP contribution in [0.25, 0.3) is 11.0 Å². The number of rotatable bonds is 4. The molecule has 9 nitrogen and oxygen atoms in total. The van der Waals surface area contributed by atoms with E-state index in [2.05, 4.69) is 25.1 Å². The zero-order valence-electron chi connectivity index (χ0n) is 16.0. The molecule has 1 N–H and O–H groups in total. The zero-order chi connectivity index (χ0) is 19.2. The van der Waals surface area contributed by atoms with Crippen LogP contribution in [0.5, 0.6) is 11.9 Å². The van der Waals surface area contributed by atoms with Crippen molar-refractivity contribution < 1.29 is 19.0 Å². The average Bonchev–Trinajstić information content (AvgIpc) is 3.05. The minimum Gasteiger partial charge on any atom is -0.480 e. The molecule has 0 aromatic carbocycles. The topological polar surface area (TPSA) is 100 Å². The summed E-state index contributed by atoms with van der Waals surface area (Å²) in [5, 5.41) is 8.62. The van der Waals surface area contributed by atoms with Crippen molar-refractivity contribution in [2.75, 3.05) is 27.3 Å². The van der Waals surface area contributed by atoms with Gasteiger partial charge in [0.15, 0.2) is 5.65 Å². The second-order valence-electron chi connectivity index (χ2n) is 6.85. The molecule has 144 valence electrons. The van der Waals surface area contributed by atoms with Crippen molar-refractivity contribution in [3.05, 3.63) is 6.20 Å². The lowest BCUT2D eigenvalue weighted by molar-refractivity contribution is -0.138. The third-order valence-electron chi connectivity index (χ3n) is 3.83. The van der Waals surface area contributed by atoms with Crippen molar-refractivity contribution in [1.82, 2.24) is 25.1 Å². The van der Waals surface area contributed by atoms with Gasteiger partial charge >= 0.3 is 6.01 Å². The van der Waals surface area contributed by atoms with Gasteiger partial charge in [0, 0.05) is 0 Å². The van der Waals surface area contributed by atoms with Gasteiger partial charge in [0.05, 0.1) is 26.5 Å². The van der Waals surface area contributed by atoms with E-state index in [1.54, 1.807) is 20.4 Å². The summed E-state index contributed by atoms with van der Waals surface area (Å²) in [5.74, 6) is 0.502. The van der Waals surface area contributed by atoms with Gasteiger partial charge in [-0.15, -0.1) is 0 Å². The first-order chi connectivity index (χ1) is 12.4. The summed E-state index contributed by atoms with van der Waals surface area (Å²) < 4.78 is 16.9. The van der Waals surface area contributed by atoms with Crippen LogP contribution in [0.1, 0.15) is 39.7 Å². The zero-order valence-corrected chi connectivity index (χ0v) is 16.0. The lowest BCUT2D eigenvalue weighted by Gasteiger charge is -2.23. The molecule has 1 aliphatic heterocycles. The van der Waals surface area contributed by atoms with E-state index in [-0.39, 0.29) is 5.60 Å². The predicted molar refractivity (Wildman–Crippen MR) is 96.5 cm³/mol. The molecule has 26 heavy (non-hydrogen) atoms. The molecule has 0 aliphatic carbocycles. The summed E-state index contributed by atoms with van der Waals surface area (Å²) in [7, 11) is 3.13. The number of fused-ring (bicyclic) bond motifs is 1. The molecular weight excluding hydrogens is 338 g/mol. The Balaban J connectivity index is 0.000000298. The first-order valence-electron chi connectivity index (χ1n) is 8.55. The Kier molecular flexibility index (Phi) is 6.73. The summed E-state index contributed by atoms with van der Waals surface area (Å²) in [6.07, 6.45) is 3.85. The molecule has 0 radical (unpaired) electrons. The molecule has 0 saturated carbocycles. The van der Waals surface area contributed by atoms with E-state index in [1.165, 1.54) is 0 Å². The summed E-state index contributed by atoms with van der Waals surface area (Å²) in [6, 6.07) is 0.670. The fourth-order valence-electron chi connectivity index (χ4n) is 2.59. The van der Waals surface area contributed by atoms with Gasteiger partial charge in [-0.3, -0.25) is 4.79 Å². The van der Waals surface area contributed by atoms with Crippen molar-refractivity contribution in [3.8, 4) is 11.9 Å². The normalized spacial score (nSPS) is 15.1. The van der Waals surface area contributed by atoms with Crippen molar-refractivity contribution in [2.45, 2.75) is 45.3 Å². The highest BCUT2D eigenvalue weighted by Crippen LogP contribution is 2.28. The van der Waals surface area contributed by atoms with Crippen LogP contribution in [0, 0.1) is 0 Å². The van der Waals surface area contributed by atoms with Gasteiger partial charge in [-0.2, -0.15) is 15.1 Å². The Morgan fingerprint density at radius 1 is 1.19 bits per heavy atom. The van der Waals surface area contributed by atoms with Gasteiger partial charge in [-0.05, 0) is 46.7 Å². The lowest BCUT2D eigenvalue weighted by Crippen LogP contribution is -2.29. The number of nitrogens with one attached hydrogen (secondary N) is 1. The van der Waals surface area contributed by atoms with Crippen LogP contribution < -0.4 is 14.8 Å². The maximum Gasteiger partial charge on any atom is 0.321 e. The molecule has 0 atom stereocenters. The third-order valence-corrected chi connectivity index (χ3v) is 3.83. The molecule has 1 fully saturated rings. The van der Waals surface area contributed by atoms with Crippen LogP contribution in [-0.2, 0) is 9.53 Å². The van der Waals surface area contributed by atoms with Crippen LogP contribution >= 0.6 is 0 Å². The summed E-state index contributed by atoms with van der Waals surface area (Å²) in [4.78, 5) is 18.2. The predicted octanol–water partition coefficient (Wildman–Crippen LogP) is 1.73. The quantitative estimate of drug-likeness (QED) is 0.818. The molecule has 0 amide bonds. The summed E-state index contributed by atoms with van der Waals surface area (Å²) in [5.41, 5.74) is 0.456. The number of piperidine rings is 1. The number of hydrogen-bond acceptors (Lipinski definition) is 8. The molecular formula is C17H27N5O4. The minimum absolute atomic E-state index is 0.306. The first-order valence-corrected chi connectivity index (χ1v) is 8.55. The number of hydrogen-bond donors (Lipinski definition) is 1. The average molecular weight is 365 g/mol. The smallest absolute Gasteiger partial charge is 0.321 e. The molecule has 2 aromatic heterocycles. The molecule has 2 aromatic rings. The second-order valence-corrected chi connectivity index (χ2v) is 6.85. The monoisotopic (exact) mass is 365 g/mol. The molecule has 0 spiro atoms. The standard InChI is InChI=1S/C12H17N5O2.C5H10O2/c1-18-11-9-7-14-17(8-3-5-13-6-4-8)10(9)15-12(16-11)19-2;1-5(2,3)7-4-6/h7-8,13H,3-6H2,1-2H3;4H,1-3H3. The summed E-state index contributed by atoms with van der Waals surface area (Å²) in [6.45, 7) is 7.93. The largest absolute Gasteiger partial charge is 0.480 e. The van der Waals surface area contributed by atoms with Gasteiger partial charge in [-0.1, -0.05) is 0 Å². The van der Waals surface area contributed by atoms with Crippen LogP contribution in [0.2, 0.25) is 0 Å². The van der Waals surface area contributed by atoms with Crippen LogP contribution in [0.4, 0.5) is 0 Å². The highest BCUT2D eigenvalue weighted by molar-refractivity contribution is 5.80. The van der Waals surface area contributed by atoms with E-state index in [1.807, 2.05) is 25.5 Å². The molecule has 3 rings (SSSR count).